The molecule has 132 valence electrons. The molecule has 3 nitrogen and oxygen atoms in total. The van der Waals surface area contributed by atoms with Crippen molar-refractivity contribution in [3.63, 3.8) is 0 Å². The molecule has 0 amide bonds. The van der Waals surface area contributed by atoms with Gasteiger partial charge in [0.05, 0.1) is 11.1 Å². The van der Waals surface area contributed by atoms with E-state index in [2.05, 4.69) is 57.8 Å². The van der Waals surface area contributed by atoms with Crippen LogP contribution in [0.25, 0.3) is 26.4 Å². The second kappa shape index (κ2) is 6.29. The Morgan fingerprint density at radius 3 is 2.62 bits per heavy atom. The number of rotatable bonds is 2. The highest BCUT2D eigenvalue weighted by molar-refractivity contribution is 9.11. The second-order valence-electron chi connectivity index (χ2n) is 6.50. The molecule has 0 bridgehead atoms. The number of fused-ring (bicyclic) bond motifs is 2. The lowest BCUT2D eigenvalue weighted by Gasteiger charge is -2.20. The molecule has 26 heavy (non-hydrogen) atoms. The number of thiophene rings is 1. The van der Waals surface area contributed by atoms with Crippen molar-refractivity contribution in [1.82, 2.24) is 0 Å². The molecule has 1 aromatic heterocycles. The molecule has 0 saturated heterocycles. The molecule has 0 radical (unpaired) electrons. The molecule has 1 unspecified atom stereocenters. The molecule has 0 aliphatic heterocycles. The summed E-state index contributed by atoms with van der Waals surface area (Å²) in [6.45, 7) is 4.25. The Balaban J connectivity index is 2.18. The van der Waals surface area contributed by atoms with Crippen LogP contribution >= 0.6 is 43.2 Å². The summed E-state index contributed by atoms with van der Waals surface area (Å²) in [6.07, 6.45) is 5.96. The minimum absolute atomic E-state index is 0.263. The van der Waals surface area contributed by atoms with Crippen LogP contribution in [-0.4, -0.2) is 9.37 Å². The van der Waals surface area contributed by atoms with Gasteiger partial charge in [-0.3, -0.25) is 10.1 Å². The van der Waals surface area contributed by atoms with E-state index in [0.29, 0.717) is 6.42 Å². The van der Waals surface area contributed by atoms with Crippen molar-refractivity contribution in [1.29, 1.82) is 0 Å². The smallest absolute Gasteiger partial charge is 0.263 e. The maximum Gasteiger partial charge on any atom is 0.297 e. The molecule has 0 N–H and O–H groups in total. The van der Waals surface area contributed by atoms with Gasteiger partial charge in [-0.05, 0) is 57.2 Å². The molecule has 1 aliphatic rings. The summed E-state index contributed by atoms with van der Waals surface area (Å²) in [4.78, 5) is 12.6. The summed E-state index contributed by atoms with van der Waals surface area (Å²) in [5.74, 6) is 0. The third-order valence-corrected chi connectivity index (χ3v) is 8.09. The molecule has 1 aliphatic carbocycles. The lowest BCUT2D eigenvalue weighted by molar-refractivity contribution is -0.520. The van der Waals surface area contributed by atoms with Gasteiger partial charge >= 0.3 is 0 Å². The first-order chi connectivity index (χ1) is 12.3. The predicted octanol–water partition coefficient (Wildman–Crippen LogP) is 7.15. The highest BCUT2D eigenvalue weighted by atomic mass is 79.9. The van der Waals surface area contributed by atoms with Gasteiger partial charge in [-0.25, -0.2) is 0 Å². The zero-order chi connectivity index (χ0) is 18.6. The summed E-state index contributed by atoms with van der Waals surface area (Å²) in [5, 5.41) is 15.0. The van der Waals surface area contributed by atoms with Crippen LogP contribution in [0.4, 0.5) is 0 Å². The van der Waals surface area contributed by atoms with E-state index in [1.54, 1.807) is 17.4 Å². The Morgan fingerprint density at radius 1 is 1.23 bits per heavy atom. The van der Waals surface area contributed by atoms with E-state index >= 15 is 0 Å². The van der Waals surface area contributed by atoms with Gasteiger partial charge < -0.3 is 0 Å². The van der Waals surface area contributed by atoms with Gasteiger partial charge in [0.15, 0.2) is 0 Å². The monoisotopic (exact) mass is 491 g/mol. The van der Waals surface area contributed by atoms with Crippen molar-refractivity contribution >= 4 is 69.6 Å². The van der Waals surface area contributed by atoms with Crippen LogP contribution in [0.1, 0.15) is 22.4 Å². The third-order valence-electron chi connectivity index (χ3n) is 4.94. The number of alkyl halides is 1. The van der Waals surface area contributed by atoms with E-state index in [1.165, 1.54) is 20.5 Å². The van der Waals surface area contributed by atoms with Gasteiger partial charge in [0, 0.05) is 41.7 Å². The molecule has 1 heterocycles. The summed E-state index contributed by atoms with van der Waals surface area (Å²) in [6, 6.07) is 8.22. The van der Waals surface area contributed by atoms with Crippen molar-refractivity contribution in [2.75, 3.05) is 0 Å². The Labute approximate surface area is 171 Å². The minimum Gasteiger partial charge on any atom is -0.263 e. The van der Waals surface area contributed by atoms with Crippen LogP contribution in [0.5, 0.6) is 0 Å². The fourth-order valence-electron chi connectivity index (χ4n) is 3.51. The summed E-state index contributed by atoms with van der Waals surface area (Å²) in [7, 11) is 0. The van der Waals surface area contributed by atoms with Gasteiger partial charge in [-0.15, -0.1) is 11.3 Å². The van der Waals surface area contributed by atoms with Crippen LogP contribution in [0, 0.1) is 24.0 Å². The van der Waals surface area contributed by atoms with Crippen LogP contribution < -0.4 is 0 Å². The molecular formula is C20H15Br2NO2S. The topological polar surface area (TPSA) is 43.1 Å². The van der Waals surface area contributed by atoms with Crippen LogP contribution in [0.15, 0.2) is 47.0 Å². The van der Waals surface area contributed by atoms with Crippen molar-refractivity contribution in [2.24, 2.45) is 0 Å². The van der Waals surface area contributed by atoms with E-state index in [9.17, 15) is 10.1 Å². The zero-order valence-electron chi connectivity index (χ0n) is 14.2. The highest BCUT2D eigenvalue weighted by Gasteiger charge is 2.38. The average Bonchev–Trinajstić information content (AvgIpc) is 2.91. The number of hydrogen-bond donors (Lipinski definition) is 0. The normalized spacial score (nSPS) is 19.9. The summed E-state index contributed by atoms with van der Waals surface area (Å²) >= 11 is 8.88. The molecule has 2 aromatic carbocycles. The molecule has 1 atom stereocenters. The zero-order valence-corrected chi connectivity index (χ0v) is 18.2. The molecule has 3 aromatic rings. The standard InChI is InChI=1S/C20H15Br2NO2S/c1-11-12(2)26-19-16(11)17(14-7-3-4-8-15(14)18(19)21)13-6-5-9-20(22,10-13)23(24)25/h3-8,10H,9H2,1-2H3. The largest absolute Gasteiger partial charge is 0.297 e. The second-order valence-corrected chi connectivity index (χ2v) is 9.89. The fraction of sp³-hybridized carbons (Fsp3) is 0.200. The Morgan fingerprint density at radius 2 is 1.92 bits per heavy atom. The molecule has 0 spiro atoms. The average molecular weight is 493 g/mol. The van der Waals surface area contributed by atoms with Gasteiger partial charge in [-0.1, -0.05) is 36.4 Å². The first-order valence-electron chi connectivity index (χ1n) is 8.16. The van der Waals surface area contributed by atoms with Gasteiger partial charge in [-0.2, -0.15) is 0 Å². The first kappa shape index (κ1) is 17.9. The SMILES string of the molecule is Cc1sc2c(Br)c3ccccc3c(C3=CC(Br)([N+](=O)[O-])CC=C3)c2c1C. The number of halogens is 2. The molecule has 0 fully saturated rings. The maximum atomic E-state index is 11.6. The Hall–Kier alpha value is -1.50. The maximum absolute atomic E-state index is 11.6. The van der Waals surface area contributed by atoms with E-state index in [0.717, 1.165) is 26.4 Å². The number of hydrogen-bond acceptors (Lipinski definition) is 3. The number of allylic oxidation sites excluding steroid dienone is 2. The number of benzene rings is 2. The fourth-order valence-corrected chi connectivity index (χ4v) is 5.85. The van der Waals surface area contributed by atoms with E-state index in [4.69, 9.17) is 0 Å². The number of aryl methyl sites for hydroxylation is 2. The lowest BCUT2D eigenvalue weighted by Crippen LogP contribution is -2.29. The van der Waals surface area contributed by atoms with Crippen LogP contribution in [0.2, 0.25) is 0 Å². The number of nitro groups is 1. The van der Waals surface area contributed by atoms with Crippen LogP contribution in [0.3, 0.4) is 0 Å². The first-order valence-corrected chi connectivity index (χ1v) is 10.6. The molecule has 6 heteroatoms. The highest BCUT2D eigenvalue weighted by Crippen LogP contribution is 2.47. The minimum atomic E-state index is -1.25. The van der Waals surface area contributed by atoms with E-state index < -0.39 is 4.45 Å². The summed E-state index contributed by atoms with van der Waals surface area (Å²) in [5.41, 5.74) is 3.19. The molecular weight excluding hydrogens is 478 g/mol. The van der Waals surface area contributed by atoms with Crippen molar-refractivity contribution in [3.8, 4) is 0 Å². The lowest BCUT2D eigenvalue weighted by atomic mass is 9.89. The molecule has 4 rings (SSSR count). The van der Waals surface area contributed by atoms with Crippen LogP contribution in [-0.2, 0) is 0 Å². The van der Waals surface area contributed by atoms with E-state index in [1.807, 2.05) is 24.3 Å². The van der Waals surface area contributed by atoms with Crippen molar-refractivity contribution < 1.29 is 4.92 Å². The van der Waals surface area contributed by atoms with Crippen molar-refractivity contribution in [2.45, 2.75) is 24.7 Å². The van der Waals surface area contributed by atoms with Gasteiger partial charge in [0.1, 0.15) is 0 Å². The van der Waals surface area contributed by atoms with Crippen molar-refractivity contribution in [3.05, 3.63) is 73.1 Å². The summed E-state index contributed by atoms with van der Waals surface area (Å²) < 4.78 is 1.03. The van der Waals surface area contributed by atoms with E-state index in [-0.39, 0.29) is 4.92 Å². The number of nitrogens with zero attached hydrogens (tertiary/aromatic N) is 1. The molecule has 0 saturated carbocycles. The Kier molecular flexibility index (Phi) is 4.33. The Bertz CT molecular complexity index is 1150. The predicted molar refractivity (Wildman–Crippen MR) is 117 cm³/mol. The quantitative estimate of drug-likeness (QED) is 0.165. The third kappa shape index (κ3) is 2.58. The van der Waals surface area contributed by atoms with Gasteiger partial charge in [0.2, 0.25) is 0 Å². The van der Waals surface area contributed by atoms with Gasteiger partial charge in [0.25, 0.3) is 4.45 Å².